The predicted octanol–water partition coefficient (Wildman–Crippen LogP) is -1.34. The van der Waals surface area contributed by atoms with Gasteiger partial charge in [-0.2, -0.15) is 0 Å². The normalized spacial score (nSPS) is 0. The molecule has 0 saturated carbocycles. The Morgan fingerprint density at radius 1 is 1.25 bits per heavy atom. The van der Waals surface area contributed by atoms with Gasteiger partial charge in [0.25, 0.3) is 0 Å². The van der Waals surface area contributed by atoms with Crippen LogP contribution in [0.1, 0.15) is 5.71 Å². The van der Waals surface area contributed by atoms with Crippen molar-refractivity contribution >= 4 is 78.2 Å². The van der Waals surface area contributed by atoms with Crippen LogP contribution in [0.15, 0.2) is 0 Å². The van der Waals surface area contributed by atoms with E-state index < -0.39 is 0 Å². The molecule has 0 amide bonds. The first-order valence-corrected chi connectivity index (χ1v) is 0. The fraction of sp³-hybridized carbons (Fsp3) is 0. The summed E-state index contributed by atoms with van der Waals surface area (Å²) in [5.74, 6) is 0. The molecule has 4 heteroatoms. The fourth-order valence-electron chi connectivity index (χ4n) is 0. The monoisotopic (exact) mass is 118 g/mol. The fourth-order valence-corrected chi connectivity index (χ4v) is 0. The largest absolute Gasteiger partial charge is 2.00 e. The molecule has 0 saturated heterocycles. The van der Waals surface area contributed by atoms with Crippen LogP contribution in [0.2, 0.25) is 0 Å². The maximum Gasteiger partial charge on any atom is 2.00 e. The van der Waals surface area contributed by atoms with E-state index >= 15 is 0 Å². The van der Waals surface area contributed by atoms with Crippen molar-refractivity contribution in [1.29, 1.82) is 0 Å². The second kappa shape index (κ2) is 17.9. The van der Waals surface area contributed by atoms with Crippen molar-refractivity contribution in [2.75, 3.05) is 0 Å². The third-order valence-electron chi connectivity index (χ3n) is 0. The molecule has 0 fully saturated rings. The predicted molar refractivity (Wildman–Crippen MR) is 28.4 cm³/mol. The first-order valence-electron chi connectivity index (χ1n) is 0. The first kappa shape index (κ1) is 31.6. The Kier molecular flexibility index (Phi) is 141. The van der Waals surface area contributed by atoms with Crippen LogP contribution in [0.4, 0.5) is 4.70 Å². The van der Waals surface area contributed by atoms with Crippen molar-refractivity contribution in [1.82, 2.24) is 0 Å². The molecule has 0 nitrogen and oxygen atoms in total. The molecule has 0 aliphatic carbocycles. The van der Waals surface area contributed by atoms with E-state index in [1.165, 1.54) is 0 Å². The minimum Gasteiger partial charge on any atom is -1.00 e. The van der Waals surface area contributed by atoms with Crippen molar-refractivity contribution in [3.8, 4) is 0 Å². The van der Waals surface area contributed by atoms with E-state index in [1.807, 2.05) is 0 Å². The van der Waals surface area contributed by atoms with Gasteiger partial charge >= 0.3 is 60.8 Å². The van der Waals surface area contributed by atoms with Gasteiger partial charge in [-0.3, -0.25) is 4.70 Å². The summed E-state index contributed by atoms with van der Waals surface area (Å²) in [5.41, 5.74) is 0. The number of hydrogen-bond acceptors (Lipinski definition) is 0. The molecule has 22 valence electrons. The average Bonchev–Trinajstić information content (AvgIpc) is 0. The molecule has 4 heavy (non-hydrogen) atoms. The molecular weight excluding hydrogens is 110 g/mol. The van der Waals surface area contributed by atoms with Crippen molar-refractivity contribution in [2.45, 2.75) is 0 Å². The summed E-state index contributed by atoms with van der Waals surface area (Å²) in [7, 11) is 0. The van der Waals surface area contributed by atoms with E-state index in [0.29, 0.717) is 0 Å². The summed E-state index contributed by atoms with van der Waals surface area (Å²) < 4.78 is 0. The number of halogens is 1. The van der Waals surface area contributed by atoms with Crippen LogP contribution in [-0.2, 0) is 0 Å². The molecule has 0 N–H and O–H groups in total. The van der Waals surface area contributed by atoms with E-state index in [4.69, 9.17) is 0 Å². The summed E-state index contributed by atoms with van der Waals surface area (Å²) in [6.07, 6.45) is 0. The molecule has 0 aliphatic heterocycles. The quantitative estimate of drug-likeness (QED) is 0.345. The Balaban J connectivity index is 0. The standard InChI is InChI=1S/Al.Ca.FH.Mg.7H/h;;1H;;;;;;;;/q;+2;;+2;;;;4*-1. The summed E-state index contributed by atoms with van der Waals surface area (Å²) in [6, 6.07) is 0. The Morgan fingerprint density at radius 3 is 1.25 bits per heavy atom. The zero-order chi connectivity index (χ0) is 0. The molecule has 0 aromatic carbocycles. The number of hydrogen-bond donors (Lipinski definition) is 0. The Morgan fingerprint density at radius 2 is 1.25 bits per heavy atom. The molecule has 0 heterocycles. The summed E-state index contributed by atoms with van der Waals surface area (Å²) in [6.45, 7) is 0. The number of rotatable bonds is 0. The first-order chi connectivity index (χ1) is 0. The smallest absolute Gasteiger partial charge is 1.00 e. The van der Waals surface area contributed by atoms with E-state index in [-0.39, 0.29) is 88.6 Å². The van der Waals surface area contributed by atoms with Crippen LogP contribution in [0.5, 0.6) is 0 Å². The molecule has 0 radical (unpaired) electrons. The van der Waals surface area contributed by atoms with Crippen molar-refractivity contribution in [3.63, 3.8) is 0 Å². The van der Waals surface area contributed by atoms with Crippen molar-refractivity contribution in [2.24, 2.45) is 0 Å². The Bertz CT molecular complexity index is 16.0. The SMILES string of the molecule is F.[AlH3].[Ca+2].[H-].[H-].[H-].[H-].[Mg+2]. The van der Waals surface area contributed by atoms with Gasteiger partial charge in [0.05, 0.1) is 0 Å². The average molecular weight is 118 g/mol. The van der Waals surface area contributed by atoms with Crippen LogP contribution < -0.4 is 0 Å². The van der Waals surface area contributed by atoms with Crippen LogP contribution in [-0.4, -0.2) is 78.2 Å². The molecule has 0 bridgehead atoms. The molecule has 0 aliphatic rings. The van der Waals surface area contributed by atoms with Crippen LogP contribution in [0.3, 0.4) is 0 Å². The molecule has 0 aromatic heterocycles. The van der Waals surface area contributed by atoms with Gasteiger partial charge < -0.3 is 5.71 Å². The molecule has 0 atom stereocenters. The van der Waals surface area contributed by atoms with Gasteiger partial charge in [0, 0.05) is 0 Å². The molecule has 0 spiro atoms. The van der Waals surface area contributed by atoms with Gasteiger partial charge in [-0.15, -0.1) is 0 Å². The van der Waals surface area contributed by atoms with Gasteiger partial charge in [-0.1, -0.05) is 0 Å². The summed E-state index contributed by atoms with van der Waals surface area (Å²) in [5, 5.41) is 0. The maximum absolute atomic E-state index is 0. The minimum absolute atomic E-state index is 0. The van der Waals surface area contributed by atoms with Gasteiger partial charge in [0.1, 0.15) is 0 Å². The van der Waals surface area contributed by atoms with Crippen LogP contribution >= 0.6 is 0 Å². The zero-order valence-corrected chi connectivity index (χ0v) is 5.45. The zero-order valence-electron chi connectivity index (χ0n) is 5.82. The molecule has 0 unspecified atom stereocenters. The topological polar surface area (TPSA) is 0 Å². The van der Waals surface area contributed by atoms with E-state index in [0.717, 1.165) is 0 Å². The third-order valence-corrected chi connectivity index (χ3v) is 0. The maximum atomic E-state index is 0. The third kappa shape index (κ3) is 8.82. The van der Waals surface area contributed by atoms with Crippen molar-refractivity contribution < 1.29 is 10.4 Å². The minimum atomic E-state index is 0. The molecular formula is H8AlCaFMg. The van der Waals surface area contributed by atoms with Gasteiger partial charge in [0.15, 0.2) is 17.4 Å². The second-order valence-electron chi connectivity index (χ2n) is 0. The van der Waals surface area contributed by atoms with E-state index in [1.54, 1.807) is 0 Å². The van der Waals surface area contributed by atoms with E-state index in [2.05, 4.69) is 0 Å². The Labute approximate surface area is 87.3 Å². The molecule has 0 aromatic rings. The van der Waals surface area contributed by atoms with Crippen molar-refractivity contribution in [3.05, 3.63) is 0 Å². The van der Waals surface area contributed by atoms with E-state index in [9.17, 15) is 0 Å². The van der Waals surface area contributed by atoms with Crippen LogP contribution in [0.25, 0.3) is 0 Å². The van der Waals surface area contributed by atoms with Crippen LogP contribution in [0, 0.1) is 0 Å². The second-order valence-corrected chi connectivity index (χ2v) is 0. The van der Waals surface area contributed by atoms with Gasteiger partial charge in [-0.25, -0.2) is 0 Å². The van der Waals surface area contributed by atoms with Gasteiger partial charge in [0.2, 0.25) is 0 Å². The summed E-state index contributed by atoms with van der Waals surface area (Å²) in [4.78, 5) is 0. The van der Waals surface area contributed by atoms with Gasteiger partial charge in [-0.05, 0) is 0 Å². The molecule has 0 rings (SSSR count). The Hall–Kier alpha value is 2.49. The summed E-state index contributed by atoms with van der Waals surface area (Å²) >= 11 is 0.